The summed E-state index contributed by atoms with van der Waals surface area (Å²) in [7, 11) is 0. The van der Waals surface area contributed by atoms with Gasteiger partial charge in [0.1, 0.15) is 6.04 Å². The van der Waals surface area contributed by atoms with E-state index in [0.717, 1.165) is 16.0 Å². The van der Waals surface area contributed by atoms with Crippen molar-refractivity contribution >= 4 is 18.1 Å². The summed E-state index contributed by atoms with van der Waals surface area (Å²) in [6.07, 6.45) is 0.255. The minimum absolute atomic E-state index is 0.0768. The SMILES string of the molecule is C=Cc1cccc(CO[C@@H]2C[C@@H](C(=O)O)N(C(=O)O)C2)c1. The van der Waals surface area contributed by atoms with Gasteiger partial charge in [-0.05, 0) is 17.2 Å². The second kappa shape index (κ2) is 6.41. The maximum absolute atomic E-state index is 11.0. The second-order valence-corrected chi connectivity index (χ2v) is 4.91. The number of carboxylic acid groups (broad SMARTS) is 2. The van der Waals surface area contributed by atoms with E-state index in [9.17, 15) is 9.59 Å². The highest BCUT2D eigenvalue weighted by Gasteiger charge is 2.40. The standard InChI is InChI=1S/C15H17NO5/c1-2-10-4-3-5-11(6-10)9-21-12-7-13(14(17)18)16(8-12)15(19)20/h2-6,12-13H,1,7-9H2,(H,17,18)(H,19,20)/t12-,13+/m1/s1. The Morgan fingerprint density at radius 1 is 1.43 bits per heavy atom. The van der Waals surface area contributed by atoms with Crippen LogP contribution >= 0.6 is 0 Å². The molecular formula is C15H17NO5. The predicted molar refractivity (Wildman–Crippen MR) is 75.9 cm³/mol. The molecule has 1 aromatic carbocycles. The fourth-order valence-corrected chi connectivity index (χ4v) is 2.39. The van der Waals surface area contributed by atoms with Gasteiger partial charge in [-0.25, -0.2) is 9.59 Å². The Balaban J connectivity index is 1.96. The third kappa shape index (κ3) is 3.61. The van der Waals surface area contributed by atoms with Gasteiger partial charge in [-0.1, -0.05) is 30.9 Å². The Morgan fingerprint density at radius 3 is 2.76 bits per heavy atom. The maximum Gasteiger partial charge on any atom is 0.408 e. The number of rotatable bonds is 5. The number of aliphatic carboxylic acids is 1. The maximum atomic E-state index is 11.0. The van der Waals surface area contributed by atoms with Crippen LogP contribution in [0.5, 0.6) is 0 Å². The van der Waals surface area contributed by atoms with Gasteiger partial charge in [-0.2, -0.15) is 0 Å². The molecule has 1 aliphatic heterocycles. The predicted octanol–water partition coefficient (Wildman–Crippen LogP) is 2.05. The van der Waals surface area contributed by atoms with Gasteiger partial charge in [0.15, 0.2) is 0 Å². The van der Waals surface area contributed by atoms with E-state index in [2.05, 4.69) is 6.58 Å². The molecule has 6 heteroatoms. The molecule has 0 spiro atoms. The van der Waals surface area contributed by atoms with Crippen LogP contribution in [0.3, 0.4) is 0 Å². The number of carboxylic acids is 1. The average molecular weight is 291 g/mol. The van der Waals surface area contributed by atoms with E-state index < -0.39 is 24.2 Å². The first-order valence-electron chi connectivity index (χ1n) is 6.56. The van der Waals surface area contributed by atoms with Gasteiger partial charge in [-0.15, -0.1) is 0 Å². The molecule has 2 rings (SSSR count). The highest BCUT2D eigenvalue weighted by Crippen LogP contribution is 2.22. The molecule has 0 radical (unpaired) electrons. The quantitative estimate of drug-likeness (QED) is 0.867. The number of likely N-dealkylation sites (tertiary alicyclic amines) is 1. The van der Waals surface area contributed by atoms with Crippen molar-refractivity contribution in [3.63, 3.8) is 0 Å². The zero-order chi connectivity index (χ0) is 15.4. The van der Waals surface area contributed by atoms with Gasteiger partial charge >= 0.3 is 12.1 Å². The Bertz CT molecular complexity index is 535. The number of carbonyl (C=O) groups is 2. The molecule has 0 saturated carbocycles. The Kier molecular flexibility index (Phi) is 4.59. The molecule has 1 aromatic rings. The molecule has 0 bridgehead atoms. The largest absolute Gasteiger partial charge is 0.480 e. The fourth-order valence-electron chi connectivity index (χ4n) is 2.39. The van der Waals surface area contributed by atoms with Crippen LogP contribution in [0.15, 0.2) is 30.8 Å². The lowest BCUT2D eigenvalue weighted by molar-refractivity contribution is -0.141. The van der Waals surface area contributed by atoms with Crippen LogP contribution in [0.4, 0.5) is 4.79 Å². The van der Waals surface area contributed by atoms with Crippen LogP contribution in [0.25, 0.3) is 6.08 Å². The first kappa shape index (κ1) is 15.1. The molecule has 0 aromatic heterocycles. The molecule has 2 atom stereocenters. The van der Waals surface area contributed by atoms with Crippen molar-refractivity contribution in [2.45, 2.75) is 25.2 Å². The first-order chi connectivity index (χ1) is 10.0. The smallest absolute Gasteiger partial charge is 0.408 e. The molecule has 0 aliphatic carbocycles. The molecule has 2 N–H and O–H groups in total. The van der Waals surface area contributed by atoms with Crippen molar-refractivity contribution in [3.8, 4) is 0 Å². The first-order valence-corrected chi connectivity index (χ1v) is 6.56. The molecule has 6 nitrogen and oxygen atoms in total. The minimum atomic E-state index is -1.23. The van der Waals surface area contributed by atoms with Crippen LogP contribution in [0.1, 0.15) is 17.5 Å². The van der Waals surface area contributed by atoms with E-state index >= 15 is 0 Å². The van der Waals surface area contributed by atoms with E-state index in [4.69, 9.17) is 14.9 Å². The summed E-state index contributed by atoms with van der Waals surface area (Å²) in [5.41, 5.74) is 1.91. The van der Waals surface area contributed by atoms with E-state index in [-0.39, 0.29) is 13.0 Å². The molecule has 1 fully saturated rings. The van der Waals surface area contributed by atoms with E-state index in [0.29, 0.717) is 6.61 Å². The van der Waals surface area contributed by atoms with E-state index in [1.54, 1.807) is 6.08 Å². The van der Waals surface area contributed by atoms with Crippen LogP contribution < -0.4 is 0 Å². The van der Waals surface area contributed by atoms with Crippen molar-refractivity contribution in [3.05, 3.63) is 42.0 Å². The zero-order valence-electron chi connectivity index (χ0n) is 11.4. The van der Waals surface area contributed by atoms with Crippen molar-refractivity contribution in [1.82, 2.24) is 4.90 Å². The topological polar surface area (TPSA) is 87.1 Å². The Labute approximate surface area is 122 Å². The summed E-state index contributed by atoms with van der Waals surface area (Å²) in [5.74, 6) is -1.14. The third-order valence-electron chi connectivity index (χ3n) is 3.47. The lowest BCUT2D eigenvalue weighted by Crippen LogP contribution is -2.39. The molecular weight excluding hydrogens is 274 g/mol. The van der Waals surface area contributed by atoms with Crippen LogP contribution in [0, 0.1) is 0 Å². The highest BCUT2D eigenvalue weighted by molar-refractivity contribution is 5.80. The molecule has 21 heavy (non-hydrogen) atoms. The van der Waals surface area contributed by atoms with Crippen molar-refractivity contribution in [1.29, 1.82) is 0 Å². The lowest BCUT2D eigenvalue weighted by atomic mass is 10.1. The van der Waals surface area contributed by atoms with Crippen LogP contribution in [-0.4, -0.2) is 45.9 Å². The number of ether oxygens (including phenoxy) is 1. The van der Waals surface area contributed by atoms with Crippen molar-refractivity contribution in [2.75, 3.05) is 6.54 Å². The summed E-state index contributed by atoms with van der Waals surface area (Å²) in [4.78, 5) is 23.0. The van der Waals surface area contributed by atoms with Gasteiger partial charge < -0.3 is 14.9 Å². The van der Waals surface area contributed by atoms with Crippen molar-refractivity contribution in [2.24, 2.45) is 0 Å². The number of hydrogen-bond donors (Lipinski definition) is 2. The number of amides is 1. The third-order valence-corrected chi connectivity index (χ3v) is 3.47. The Hall–Kier alpha value is -2.34. The average Bonchev–Trinajstić information content (AvgIpc) is 2.90. The number of hydrogen-bond acceptors (Lipinski definition) is 3. The van der Waals surface area contributed by atoms with Gasteiger partial charge in [0.25, 0.3) is 0 Å². The molecule has 1 aliphatic rings. The minimum Gasteiger partial charge on any atom is -0.480 e. The van der Waals surface area contributed by atoms with Crippen LogP contribution in [-0.2, 0) is 16.1 Å². The van der Waals surface area contributed by atoms with Crippen LogP contribution in [0.2, 0.25) is 0 Å². The summed E-state index contributed by atoms with van der Waals surface area (Å²) in [6.45, 7) is 4.08. The normalized spacial score (nSPS) is 21.2. The second-order valence-electron chi connectivity index (χ2n) is 4.91. The summed E-state index contributed by atoms with van der Waals surface area (Å²) < 4.78 is 5.65. The van der Waals surface area contributed by atoms with Gasteiger partial charge in [0, 0.05) is 6.42 Å². The summed E-state index contributed by atoms with van der Waals surface area (Å²) >= 11 is 0. The monoisotopic (exact) mass is 291 g/mol. The molecule has 1 saturated heterocycles. The highest BCUT2D eigenvalue weighted by atomic mass is 16.5. The summed E-state index contributed by atoms with van der Waals surface area (Å²) in [5, 5.41) is 18.0. The lowest BCUT2D eigenvalue weighted by Gasteiger charge is -2.16. The van der Waals surface area contributed by atoms with Crippen molar-refractivity contribution < 1.29 is 24.5 Å². The van der Waals surface area contributed by atoms with Gasteiger partial charge in [0.05, 0.1) is 19.3 Å². The Morgan fingerprint density at radius 2 is 2.19 bits per heavy atom. The fraction of sp³-hybridized carbons (Fsp3) is 0.333. The van der Waals surface area contributed by atoms with Gasteiger partial charge in [0.2, 0.25) is 0 Å². The summed E-state index contributed by atoms with van der Waals surface area (Å²) in [6, 6.07) is 6.58. The van der Waals surface area contributed by atoms with E-state index in [1.165, 1.54) is 0 Å². The molecule has 0 unspecified atom stereocenters. The number of nitrogens with zero attached hydrogens (tertiary/aromatic N) is 1. The molecule has 112 valence electrons. The molecule has 1 heterocycles. The van der Waals surface area contributed by atoms with Gasteiger partial charge in [-0.3, -0.25) is 4.90 Å². The number of benzene rings is 1. The zero-order valence-corrected chi connectivity index (χ0v) is 11.4. The molecule has 1 amide bonds. The van der Waals surface area contributed by atoms with E-state index in [1.807, 2.05) is 24.3 Å².